The Morgan fingerprint density at radius 3 is 2.50 bits per heavy atom. The lowest BCUT2D eigenvalue weighted by Gasteiger charge is -1.99. The number of hydrogen-bond donors (Lipinski definition) is 1. The van der Waals surface area contributed by atoms with Gasteiger partial charge in [-0.15, -0.1) is 0 Å². The first kappa shape index (κ1) is 15.2. The highest BCUT2D eigenvalue weighted by Crippen LogP contribution is 2.10. The number of hydrogen-bond acceptors (Lipinski definition) is 3. The van der Waals surface area contributed by atoms with Crippen LogP contribution in [0, 0.1) is 11.3 Å². The fourth-order valence-electron chi connectivity index (χ4n) is 1.94. The van der Waals surface area contributed by atoms with Crippen molar-refractivity contribution in [1.29, 1.82) is 5.26 Å². The number of carbonyl (C=O) groups excluding carboxylic acids is 1. The summed E-state index contributed by atoms with van der Waals surface area (Å²) in [6, 6.07) is 15.5. The lowest BCUT2D eigenvalue weighted by molar-refractivity contribution is -0.136. The molecule has 0 aliphatic heterocycles. The first-order valence-corrected chi connectivity index (χ1v) is 6.62. The Morgan fingerprint density at radius 2 is 1.86 bits per heavy atom. The van der Waals surface area contributed by atoms with Crippen molar-refractivity contribution in [3.05, 3.63) is 76.9 Å². The van der Waals surface area contributed by atoms with Crippen LogP contribution in [0.1, 0.15) is 27.0 Å². The van der Waals surface area contributed by atoms with Crippen molar-refractivity contribution in [2.75, 3.05) is 0 Å². The molecule has 108 valence electrons. The van der Waals surface area contributed by atoms with Crippen LogP contribution in [0.3, 0.4) is 0 Å². The SMILES string of the molecule is N#Cc1cccc(C=CC(=O)c2ccc(CC(=O)O)cc2)c1. The molecule has 4 nitrogen and oxygen atoms in total. The minimum atomic E-state index is -0.906. The molecule has 0 fully saturated rings. The molecule has 2 aromatic carbocycles. The van der Waals surface area contributed by atoms with Gasteiger partial charge in [0, 0.05) is 5.56 Å². The second-order valence-electron chi connectivity index (χ2n) is 4.70. The van der Waals surface area contributed by atoms with E-state index in [1.807, 2.05) is 6.07 Å². The van der Waals surface area contributed by atoms with Crippen LogP contribution in [-0.4, -0.2) is 16.9 Å². The summed E-state index contributed by atoms with van der Waals surface area (Å²) < 4.78 is 0. The number of ketones is 1. The average Bonchev–Trinajstić information content (AvgIpc) is 2.53. The number of rotatable bonds is 5. The Bertz CT molecular complexity index is 768. The Kier molecular flexibility index (Phi) is 4.84. The van der Waals surface area contributed by atoms with Gasteiger partial charge in [0.05, 0.1) is 18.1 Å². The van der Waals surface area contributed by atoms with Crippen molar-refractivity contribution in [2.45, 2.75) is 6.42 Å². The van der Waals surface area contributed by atoms with Crippen molar-refractivity contribution in [3.8, 4) is 6.07 Å². The number of benzene rings is 2. The maximum absolute atomic E-state index is 12.0. The van der Waals surface area contributed by atoms with Gasteiger partial charge in [0.2, 0.25) is 0 Å². The highest BCUT2D eigenvalue weighted by Gasteiger charge is 2.04. The largest absolute Gasteiger partial charge is 0.481 e. The molecule has 2 aromatic rings. The predicted molar refractivity (Wildman–Crippen MR) is 82.3 cm³/mol. The van der Waals surface area contributed by atoms with E-state index >= 15 is 0 Å². The number of carboxylic acid groups (broad SMARTS) is 1. The summed E-state index contributed by atoms with van der Waals surface area (Å²) in [5, 5.41) is 17.5. The maximum Gasteiger partial charge on any atom is 0.307 e. The second kappa shape index (κ2) is 7.00. The third kappa shape index (κ3) is 4.15. The summed E-state index contributed by atoms with van der Waals surface area (Å²) in [7, 11) is 0. The monoisotopic (exact) mass is 291 g/mol. The van der Waals surface area contributed by atoms with Crippen molar-refractivity contribution < 1.29 is 14.7 Å². The Hall–Kier alpha value is -3.19. The van der Waals surface area contributed by atoms with Gasteiger partial charge in [-0.2, -0.15) is 5.26 Å². The van der Waals surface area contributed by atoms with E-state index in [1.54, 1.807) is 54.6 Å². The lowest BCUT2D eigenvalue weighted by atomic mass is 10.0. The van der Waals surface area contributed by atoms with Gasteiger partial charge in [-0.05, 0) is 29.3 Å². The molecule has 0 aliphatic rings. The molecule has 0 aromatic heterocycles. The maximum atomic E-state index is 12.0. The fourth-order valence-corrected chi connectivity index (χ4v) is 1.94. The molecule has 0 unspecified atom stereocenters. The van der Waals surface area contributed by atoms with Gasteiger partial charge in [-0.25, -0.2) is 0 Å². The molecule has 0 amide bonds. The van der Waals surface area contributed by atoms with Crippen molar-refractivity contribution >= 4 is 17.8 Å². The van der Waals surface area contributed by atoms with Gasteiger partial charge in [-0.3, -0.25) is 9.59 Å². The van der Waals surface area contributed by atoms with Gasteiger partial charge >= 0.3 is 5.97 Å². The minimum Gasteiger partial charge on any atom is -0.481 e. The van der Waals surface area contributed by atoms with Gasteiger partial charge in [0.25, 0.3) is 0 Å². The molecule has 0 saturated carbocycles. The number of carbonyl (C=O) groups is 2. The van der Waals surface area contributed by atoms with E-state index in [9.17, 15) is 9.59 Å². The fraction of sp³-hybridized carbons (Fsp3) is 0.0556. The number of nitrogens with zero attached hydrogens (tertiary/aromatic N) is 1. The third-order valence-electron chi connectivity index (χ3n) is 3.04. The van der Waals surface area contributed by atoms with Crippen LogP contribution in [0.25, 0.3) is 6.08 Å². The summed E-state index contributed by atoms with van der Waals surface area (Å²) in [4.78, 5) is 22.6. The molecule has 0 spiro atoms. The second-order valence-corrected chi connectivity index (χ2v) is 4.70. The standard InChI is InChI=1S/C18H13NO3/c19-12-15-3-1-2-13(10-15)6-9-17(20)16-7-4-14(5-8-16)11-18(21)22/h1-10H,11H2,(H,21,22). The topological polar surface area (TPSA) is 78.2 Å². The Labute approximate surface area is 127 Å². The normalized spacial score (nSPS) is 10.3. The zero-order chi connectivity index (χ0) is 15.9. The summed E-state index contributed by atoms with van der Waals surface area (Å²) in [6.07, 6.45) is 3.02. The Morgan fingerprint density at radius 1 is 1.14 bits per heavy atom. The minimum absolute atomic E-state index is 0.0642. The van der Waals surface area contributed by atoms with Crippen LogP contribution in [-0.2, 0) is 11.2 Å². The smallest absolute Gasteiger partial charge is 0.307 e. The summed E-state index contributed by atoms with van der Waals surface area (Å²) in [5.41, 5.74) is 2.44. The molecule has 0 bridgehead atoms. The molecular formula is C18H13NO3. The molecule has 0 atom stereocenters. The van der Waals surface area contributed by atoms with Crippen LogP contribution in [0.4, 0.5) is 0 Å². The lowest BCUT2D eigenvalue weighted by Crippen LogP contribution is -2.01. The zero-order valence-electron chi connectivity index (χ0n) is 11.7. The molecule has 22 heavy (non-hydrogen) atoms. The zero-order valence-corrected chi connectivity index (χ0v) is 11.7. The summed E-state index contributed by atoms with van der Waals surface area (Å²) >= 11 is 0. The van der Waals surface area contributed by atoms with E-state index in [0.717, 1.165) is 5.56 Å². The first-order valence-electron chi connectivity index (χ1n) is 6.62. The van der Waals surface area contributed by atoms with Crippen LogP contribution in [0.5, 0.6) is 0 Å². The third-order valence-corrected chi connectivity index (χ3v) is 3.04. The number of allylic oxidation sites excluding steroid dienone is 1. The summed E-state index contributed by atoms with van der Waals surface area (Å²) in [5.74, 6) is -1.08. The van der Waals surface area contributed by atoms with Gasteiger partial charge < -0.3 is 5.11 Å². The van der Waals surface area contributed by atoms with E-state index in [2.05, 4.69) is 0 Å². The molecular weight excluding hydrogens is 278 g/mol. The molecule has 0 aliphatic carbocycles. The molecule has 1 N–H and O–H groups in total. The highest BCUT2D eigenvalue weighted by atomic mass is 16.4. The van der Waals surface area contributed by atoms with E-state index in [0.29, 0.717) is 16.7 Å². The molecule has 0 heterocycles. The number of nitriles is 1. The van der Waals surface area contributed by atoms with Crippen molar-refractivity contribution in [3.63, 3.8) is 0 Å². The van der Waals surface area contributed by atoms with Crippen LogP contribution in [0.2, 0.25) is 0 Å². The van der Waals surface area contributed by atoms with E-state index in [1.165, 1.54) is 6.08 Å². The van der Waals surface area contributed by atoms with Crippen molar-refractivity contribution in [2.24, 2.45) is 0 Å². The molecule has 4 heteroatoms. The Balaban J connectivity index is 2.09. The van der Waals surface area contributed by atoms with Crippen LogP contribution >= 0.6 is 0 Å². The highest BCUT2D eigenvalue weighted by molar-refractivity contribution is 6.06. The van der Waals surface area contributed by atoms with E-state index < -0.39 is 5.97 Å². The van der Waals surface area contributed by atoms with E-state index in [-0.39, 0.29) is 12.2 Å². The predicted octanol–water partition coefficient (Wildman–Crippen LogP) is 3.08. The van der Waals surface area contributed by atoms with Crippen LogP contribution in [0.15, 0.2) is 54.6 Å². The number of carboxylic acids is 1. The average molecular weight is 291 g/mol. The number of aliphatic carboxylic acids is 1. The molecule has 2 rings (SSSR count). The molecule has 0 radical (unpaired) electrons. The van der Waals surface area contributed by atoms with Crippen molar-refractivity contribution in [1.82, 2.24) is 0 Å². The summed E-state index contributed by atoms with van der Waals surface area (Å²) in [6.45, 7) is 0. The van der Waals surface area contributed by atoms with Gasteiger partial charge in [-0.1, -0.05) is 42.5 Å². The van der Waals surface area contributed by atoms with E-state index in [4.69, 9.17) is 10.4 Å². The first-order chi connectivity index (χ1) is 10.6. The van der Waals surface area contributed by atoms with Gasteiger partial charge in [0.15, 0.2) is 5.78 Å². The quantitative estimate of drug-likeness (QED) is 0.678. The van der Waals surface area contributed by atoms with Crippen LogP contribution < -0.4 is 0 Å². The molecule has 0 saturated heterocycles. The van der Waals surface area contributed by atoms with Gasteiger partial charge in [0.1, 0.15) is 0 Å².